The van der Waals surface area contributed by atoms with Crippen molar-refractivity contribution in [2.75, 3.05) is 32.7 Å². The minimum atomic E-state index is 0.0750. The summed E-state index contributed by atoms with van der Waals surface area (Å²) in [7, 11) is 1.99. The summed E-state index contributed by atoms with van der Waals surface area (Å²) in [6.07, 6.45) is 0. The van der Waals surface area contributed by atoms with Gasteiger partial charge in [0, 0.05) is 55.7 Å². The molecule has 0 atom stereocenters. The highest BCUT2D eigenvalue weighted by atomic mass is 16.2. The average molecular weight is 396 g/mol. The van der Waals surface area contributed by atoms with E-state index in [0.717, 1.165) is 35.6 Å². The van der Waals surface area contributed by atoms with Gasteiger partial charge in [-0.15, -0.1) is 0 Å². The Balaban J connectivity index is 1.56. The van der Waals surface area contributed by atoms with Crippen LogP contribution in [0.15, 0.2) is 30.3 Å². The van der Waals surface area contributed by atoms with Crippen molar-refractivity contribution in [1.29, 1.82) is 0 Å². The molecule has 29 heavy (non-hydrogen) atoms. The summed E-state index contributed by atoms with van der Waals surface area (Å²) in [4.78, 5) is 29.6. The van der Waals surface area contributed by atoms with Gasteiger partial charge < -0.3 is 9.47 Å². The smallest absolute Gasteiger partial charge is 0.253 e. The molecule has 156 valence electrons. The number of carbonyl (C=O) groups excluding carboxylic acids is 2. The number of amides is 1. The van der Waals surface area contributed by atoms with E-state index in [1.165, 1.54) is 5.56 Å². The number of benzene rings is 1. The molecule has 0 radical (unpaired) electrons. The van der Waals surface area contributed by atoms with Crippen LogP contribution in [0.2, 0.25) is 0 Å². The number of hydrogen-bond donors (Lipinski definition) is 0. The Hall–Kier alpha value is -2.40. The van der Waals surface area contributed by atoms with Crippen LogP contribution in [0, 0.1) is 13.8 Å². The van der Waals surface area contributed by atoms with Crippen LogP contribution in [0.4, 0.5) is 0 Å². The molecule has 0 aliphatic carbocycles. The highest BCUT2D eigenvalue weighted by molar-refractivity contribution is 5.99. The predicted octanol–water partition coefficient (Wildman–Crippen LogP) is 3.58. The highest BCUT2D eigenvalue weighted by Crippen LogP contribution is 2.23. The second-order valence-corrected chi connectivity index (χ2v) is 9.16. The van der Waals surface area contributed by atoms with Gasteiger partial charge >= 0.3 is 0 Å². The Bertz CT molecular complexity index is 895. The van der Waals surface area contributed by atoms with Gasteiger partial charge in [-0.25, -0.2) is 0 Å². The lowest BCUT2D eigenvalue weighted by Crippen LogP contribution is -2.49. The maximum Gasteiger partial charge on any atom is 0.253 e. The van der Waals surface area contributed by atoms with E-state index in [1.54, 1.807) is 0 Å². The number of ketones is 1. The van der Waals surface area contributed by atoms with Gasteiger partial charge in [0.25, 0.3) is 5.91 Å². The van der Waals surface area contributed by atoms with E-state index in [4.69, 9.17) is 0 Å². The van der Waals surface area contributed by atoms with E-state index >= 15 is 0 Å². The van der Waals surface area contributed by atoms with Crippen LogP contribution < -0.4 is 0 Å². The van der Waals surface area contributed by atoms with E-state index < -0.39 is 0 Å². The van der Waals surface area contributed by atoms with Crippen LogP contribution in [0.25, 0.3) is 0 Å². The monoisotopic (exact) mass is 395 g/mol. The molecule has 1 aliphatic rings. The molecule has 1 aromatic heterocycles. The number of nitrogens with zero attached hydrogens (tertiary/aromatic N) is 3. The standard InChI is InChI=1S/C24H33N3O2/c1-17-15-21(18(2)25(17)6)22(28)16-26-11-13-27(14-12-26)23(29)19-7-9-20(10-8-19)24(3,4)5/h7-10,15H,11-14,16H2,1-6H3. The topological polar surface area (TPSA) is 45.6 Å². The van der Waals surface area contributed by atoms with E-state index in [1.807, 2.05) is 56.1 Å². The molecule has 2 heterocycles. The second kappa shape index (κ2) is 8.15. The number of Topliss-reactive ketones (excluding diaryl/α,β-unsaturated/α-hetero) is 1. The zero-order valence-electron chi connectivity index (χ0n) is 18.6. The van der Waals surface area contributed by atoms with Crippen LogP contribution in [-0.2, 0) is 12.5 Å². The molecule has 1 aliphatic heterocycles. The Morgan fingerprint density at radius 3 is 2.03 bits per heavy atom. The van der Waals surface area contributed by atoms with Crippen LogP contribution >= 0.6 is 0 Å². The van der Waals surface area contributed by atoms with Gasteiger partial charge in [-0.3, -0.25) is 14.5 Å². The van der Waals surface area contributed by atoms with Crippen molar-refractivity contribution in [1.82, 2.24) is 14.4 Å². The van der Waals surface area contributed by atoms with Crippen molar-refractivity contribution >= 4 is 11.7 Å². The fourth-order valence-corrected chi connectivity index (χ4v) is 3.83. The Morgan fingerprint density at radius 2 is 1.55 bits per heavy atom. The zero-order valence-corrected chi connectivity index (χ0v) is 18.6. The Labute approximate surface area is 174 Å². The number of carbonyl (C=O) groups is 2. The van der Waals surface area contributed by atoms with Crippen LogP contribution in [0.5, 0.6) is 0 Å². The first-order chi connectivity index (χ1) is 13.6. The molecule has 2 aromatic rings. The normalized spacial score (nSPS) is 15.6. The largest absolute Gasteiger partial charge is 0.351 e. The van der Waals surface area contributed by atoms with E-state index in [0.29, 0.717) is 19.6 Å². The lowest BCUT2D eigenvalue weighted by molar-refractivity contribution is 0.0624. The van der Waals surface area contributed by atoms with Crippen molar-refractivity contribution in [2.45, 2.75) is 40.0 Å². The molecule has 5 nitrogen and oxygen atoms in total. The minimum Gasteiger partial charge on any atom is -0.351 e. The van der Waals surface area contributed by atoms with Gasteiger partial charge in [0.15, 0.2) is 5.78 Å². The first kappa shape index (κ1) is 21.3. The van der Waals surface area contributed by atoms with Gasteiger partial charge in [0.1, 0.15) is 0 Å². The molecule has 0 saturated carbocycles. The summed E-state index contributed by atoms with van der Waals surface area (Å²) in [6, 6.07) is 9.93. The molecule has 0 unspecified atom stereocenters. The van der Waals surface area contributed by atoms with Crippen molar-refractivity contribution in [3.8, 4) is 0 Å². The van der Waals surface area contributed by atoms with Crippen LogP contribution in [0.3, 0.4) is 0 Å². The predicted molar refractivity (Wildman–Crippen MR) is 117 cm³/mol. The number of hydrogen-bond acceptors (Lipinski definition) is 3. The molecule has 0 spiro atoms. The van der Waals surface area contributed by atoms with Crippen molar-refractivity contribution < 1.29 is 9.59 Å². The SMILES string of the molecule is Cc1cc(C(=O)CN2CCN(C(=O)c3ccc(C(C)(C)C)cc3)CC2)c(C)n1C. The lowest BCUT2D eigenvalue weighted by Gasteiger charge is -2.34. The number of aromatic nitrogens is 1. The number of piperazine rings is 1. The summed E-state index contributed by atoms with van der Waals surface area (Å²) in [5, 5.41) is 0. The van der Waals surface area contributed by atoms with Crippen molar-refractivity contribution in [3.63, 3.8) is 0 Å². The molecule has 5 heteroatoms. The molecule has 1 fully saturated rings. The quantitative estimate of drug-likeness (QED) is 0.744. The van der Waals surface area contributed by atoms with Crippen LogP contribution in [-0.4, -0.2) is 58.8 Å². The Morgan fingerprint density at radius 1 is 0.966 bits per heavy atom. The summed E-state index contributed by atoms with van der Waals surface area (Å²) in [6.45, 7) is 13.7. The van der Waals surface area contributed by atoms with Gasteiger partial charge in [0.2, 0.25) is 0 Å². The number of aryl methyl sites for hydroxylation is 1. The summed E-state index contributed by atoms with van der Waals surface area (Å²) >= 11 is 0. The van der Waals surface area contributed by atoms with E-state index in [9.17, 15) is 9.59 Å². The fourth-order valence-electron chi connectivity index (χ4n) is 3.83. The lowest BCUT2D eigenvalue weighted by atomic mass is 9.86. The third-order valence-electron chi connectivity index (χ3n) is 6.10. The summed E-state index contributed by atoms with van der Waals surface area (Å²) in [5.41, 5.74) is 4.96. The zero-order chi connectivity index (χ0) is 21.3. The maximum atomic E-state index is 12.8. The van der Waals surface area contributed by atoms with Gasteiger partial charge in [-0.2, -0.15) is 0 Å². The fraction of sp³-hybridized carbons (Fsp3) is 0.500. The van der Waals surface area contributed by atoms with Gasteiger partial charge in [-0.05, 0) is 43.0 Å². The maximum absolute atomic E-state index is 12.8. The average Bonchev–Trinajstić information content (AvgIpc) is 2.95. The van der Waals surface area contributed by atoms with Gasteiger partial charge in [-0.1, -0.05) is 32.9 Å². The first-order valence-electron chi connectivity index (χ1n) is 10.4. The third kappa shape index (κ3) is 4.61. The first-order valence-corrected chi connectivity index (χ1v) is 10.4. The van der Waals surface area contributed by atoms with Crippen molar-refractivity contribution in [2.24, 2.45) is 7.05 Å². The minimum absolute atomic E-state index is 0.0750. The molecular weight excluding hydrogens is 362 g/mol. The van der Waals surface area contributed by atoms with Crippen LogP contribution in [0.1, 0.15) is 58.4 Å². The third-order valence-corrected chi connectivity index (χ3v) is 6.10. The summed E-state index contributed by atoms with van der Waals surface area (Å²) < 4.78 is 2.05. The molecule has 1 amide bonds. The summed E-state index contributed by atoms with van der Waals surface area (Å²) in [5.74, 6) is 0.231. The number of rotatable bonds is 4. The molecule has 1 aromatic carbocycles. The van der Waals surface area contributed by atoms with Gasteiger partial charge in [0.05, 0.1) is 6.54 Å². The molecule has 3 rings (SSSR count). The Kier molecular flexibility index (Phi) is 5.99. The van der Waals surface area contributed by atoms with E-state index in [-0.39, 0.29) is 17.1 Å². The molecule has 0 bridgehead atoms. The highest BCUT2D eigenvalue weighted by Gasteiger charge is 2.25. The molecule has 0 N–H and O–H groups in total. The molecular formula is C24H33N3O2. The molecule has 1 saturated heterocycles. The van der Waals surface area contributed by atoms with Crippen molar-refractivity contribution in [3.05, 3.63) is 58.4 Å². The van der Waals surface area contributed by atoms with E-state index in [2.05, 4.69) is 30.2 Å². The second-order valence-electron chi connectivity index (χ2n) is 9.16.